The van der Waals surface area contributed by atoms with Crippen molar-refractivity contribution in [1.29, 1.82) is 0 Å². The highest BCUT2D eigenvalue weighted by molar-refractivity contribution is 5.68. The second kappa shape index (κ2) is 5.23. The quantitative estimate of drug-likeness (QED) is 0.717. The fourth-order valence-electron chi connectivity index (χ4n) is 2.45. The molecule has 0 aromatic rings. The predicted octanol–water partition coefficient (Wildman–Crippen LogP) is 1.83. The molecule has 2 saturated heterocycles. The lowest BCUT2D eigenvalue weighted by molar-refractivity contribution is 0.125. The molecule has 0 saturated carbocycles. The maximum Gasteiger partial charge on any atom is 0.409 e. The van der Waals surface area contributed by atoms with Crippen LogP contribution in [0.25, 0.3) is 0 Å². The van der Waals surface area contributed by atoms with E-state index in [1.807, 2.05) is 4.90 Å². The van der Waals surface area contributed by atoms with E-state index in [9.17, 15) is 4.79 Å². The molecule has 2 heterocycles. The molecule has 0 aromatic heterocycles. The fourth-order valence-corrected chi connectivity index (χ4v) is 2.45. The first kappa shape index (κ1) is 11.3. The van der Waals surface area contributed by atoms with Crippen molar-refractivity contribution in [3.8, 4) is 0 Å². The monoisotopic (exact) mass is 224 g/mol. The predicted molar refractivity (Wildman–Crippen MR) is 62.1 cm³/mol. The van der Waals surface area contributed by atoms with Crippen LogP contribution in [-0.2, 0) is 4.74 Å². The van der Waals surface area contributed by atoms with Crippen LogP contribution in [0.15, 0.2) is 12.3 Å². The van der Waals surface area contributed by atoms with Gasteiger partial charge in [0.15, 0.2) is 0 Å². The molecule has 90 valence electrons. The average Bonchev–Trinajstić information content (AvgIpc) is 2.96. The lowest BCUT2D eigenvalue weighted by Gasteiger charge is -2.21. The summed E-state index contributed by atoms with van der Waals surface area (Å²) in [5, 5.41) is 0. The van der Waals surface area contributed by atoms with E-state index in [2.05, 4.69) is 17.2 Å². The molecule has 1 atom stereocenters. The number of nitrogens with zero attached hydrogens (tertiary/aromatic N) is 2. The van der Waals surface area contributed by atoms with Crippen LogP contribution in [0.3, 0.4) is 0 Å². The van der Waals surface area contributed by atoms with Crippen LogP contribution in [0.1, 0.15) is 25.7 Å². The molecular weight excluding hydrogens is 204 g/mol. The molecule has 16 heavy (non-hydrogen) atoms. The molecule has 2 aliphatic heterocycles. The van der Waals surface area contributed by atoms with E-state index < -0.39 is 0 Å². The first-order valence-corrected chi connectivity index (χ1v) is 6.08. The molecule has 2 aliphatic rings. The van der Waals surface area contributed by atoms with Crippen molar-refractivity contribution in [2.24, 2.45) is 0 Å². The van der Waals surface area contributed by atoms with E-state index in [0.29, 0.717) is 0 Å². The van der Waals surface area contributed by atoms with Crippen LogP contribution in [0, 0.1) is 0 Å². The summed E-state index contributed by atoms with van der Waals surface area (Å²) in [4.78, 5) is 15.6. The van der Waals surface area contributed by atoms with Crippen molar-refractivity contribution >= 4 is 6.09 Å². The summed E-state index contributed by atoms with van der Waals surface area (Å²) in [5.74, 6) is 0. The number of amides is 1. The molecule has 4 nitrogen and oxygen atoms in total. The van der Waals surface area contributed by atoms with E-state index in [-0.39, 0.29) is 12.1 Å². The third kappa shape index (κ3) is 2.49. The Morgan fingerprint density at radius 3 is 2.69 bits per heavy atom. The number of hydrogen-bond donors (Lipinski definition) is 0. The highest BCUT2D eigenvalue weighted by Gasteiger charge is 2.27. The molecule has 0 aliphatic carbocycles. The van der Waals surface area contributed by atoms with Gasteiger partial charge in [0.05, 0.1) is 13.2 Å². The third-order valence-corrected chi connectivity index (χ3v) is 3.37. The summed E-state index contributed by atoms with van der Waals surface area (Å²) in [6, 6.07) is 0.230. The van der Waals surface area contributed by atoms with Gasteiger partial charge in [-0.1, -0.05) is 0 Å². The van der Waals surface area contributed by atoms with Gasteiger partial charge in [-0.05, 0) is 38.0 Å². The van der Waals surface area contributed by atoms with Gasteiger partial charge in [-0.25, -0.2) is 4.79 Å². The van der Waals surface area contributed by atoms with Crippen molar-refractivity contribution in [2.75, 3.05) is 26.7 Å². The van der Waals surface area contributed by atoms with Crippen molar-refractivity contribution < 1.29 is 9.53 Å². The lowest BCUT2D eigenvalue weighted by atomic mass is 10.2. The van der Waals surface area contributed by atoms with Crippen LogP contribution in [0.2, 0.25) is 0 Å². The van der Waals surface area contributed by atoms with Gasteiger partial charge in [0.25, 0.3) is 0 Å². The molecule has 1 unspecified atom stereocenters. The Kier molecular flexibility index (Phi) is 3.70. The number of carbonyl (C=O) groups excluding carboxylic acids is 1. The number of rotatable bonds is 2. The smallest absolute Gasteiger partial charge is 0.409 e. The minimum atomic E-state index is -0.200. The molecule has 0 spiro atoms. The van der Waals surface area contributed by atoms with Gasteiger partial charge in [0.2, 0.25) is 0 Å². The first-order valence-electron chi connectivity index (χ1n) is 6.08. The third-order valence-electron chi connectivity index (χ3n) is 3.37. The minimum Gasteiger partial charge on any atom is -0.453 e. The van der Waals surface area contributed by atoms with Crippen molar-refractivity contribution in [2.45, 2.75) is 31.7 Å². The largest absolute Gasteiger partial charge is 0.453 e. The number of methoxy groups -OCH3 is 1. The SMILES string of the molecule is COC(=O)N1CCCC1C=CN1CCCC1. The van der Waals surface area contributed by atoms with Gasteiger partial charge < -0.3 is 14.5 Å². The van der Waals surface area contributed by atoms with Gasteiger partial charge in [-0.2, -0.15) is 0 Å². The molecule has 0 bridgehead atoms. The summed E-state index contributed by atoms with van der Waals surface area (Å²) >= 11 is 0. The summed E-state index contributed by atoms with van der Waals surface area (Å²) in [6.45, 7) is 3.13. The number of ether oxygens (including phenoxy) is 1. The summed E-state index contributed by atoms with van der Waals surface area (Å²) in [6.07, 6.45) is 8.80. The van der Waals surface area contributed by atoms with Crippen LogP contribution >= 0.6 is 0 Å². The van der Waals surface area contributed by atoms with Gasteiger partial charge in [-0.3, -0.25) is 0 Å². The Balaban J connectivity index is 1.89. The molecule has 1 amide bonds. The van der Waals surface area contributed by atoms with E-state index in [4.69, 9.17) is 4.74 Å². The fraction of sp³-hybridized carbons (Fsp3) is 0.750. The standard InChI is InChI=1S/C12H20N2O2/c1-16-12(15)14-9-4-5-11(14)6-10-13-7-2-3-8-13/h6,10-11H,2-5,7-9H2,1H3. The molecule has 2 rings (SSSR count). The Hall–Kier alpha value is -1.19. The molecule has 2 fully saturated rings. The van der Waals surface area contributed by atoms with Crippen LogP contribution < -0.4 is 0 Å². The van der Waals surface area contributed by atoms with Gasteiger partial charge in [0, 0.05) is 19.6 Å². The van der Waals surface area contributed by atoms with Gasteiger partial charge in [-0.15, -0.1) is 0 Å². The van der Waals surface area contributed by atoms with Crippen LogP contribution in [0.5, 0.6) is 0 Å². The highest BCUT2D eigenvalue weighted by Crippen LogP contribution is 2.19. The Morgan fingerprint density at radius 1 is 1.25 bits per heavy atom. The van der Waals surface area contributed by atoms with Crippen LogP contribution in [-0.4, -0.2) is 48.7 Å². The number of carbonyl (C=O) groups is 1. The number of hydrogen-bond acceptors (Lipinski definition) is 3. The zero-order valence-corrected chi connectivity index (χ0v) is 9.89. The topological polar surface area (TPSA) is 32.8 Å². The van der Waals surface area contributed by atoms with Crippen molar-refractivity contribution in [3.63, 3.8) is 0 Å². The summed E-state index contributed by atoms with van der Waals surface area (Å²) in [7, 11) is 1.45. The van der Waals surface area contributed by atoms with Gasteiger partial charge in [0.1, 0.15) is 0 Å². The van der Waals surface area contributed by atoms with E-state index in [1.54, 1.807) is 0 Å². The van der Waals surface area contributed by atoms with Crippen molar-refractivity contribution in [3.05, 3.63) is 12.3 Å². The van der Waals surface area contributed by atoms with E-state index in [0.717, 1.165) is 32.5 Å². The average molecular weight is 224 g/mol. The molecular formula is C12H20N2O2. The zero-order valence-electron chi connectivity index (χ0n) is 9.89. The Labute approximate surface area is 96.8 Å². The molecule has 0 radical (unpaired) electrons. The molecule has 4 heteroatoms. The first-order chi connectivity index (χ1) is 7.81. The molecule has 0 aromatic carbocycles. The number of likely N-dealkylation sites (tertiary alicyclic amines) is 2. The minimum absolute atomic E-state index is 0.200. The maximum atomic E-state index is 11.5. The normalized spacial score (nSPS) is 25.7. The zero-order chi connectivity index (χ0) is 11.4. The van der Waals surface area contributed by atoms with Crippen molar-refractivity contribution in [1.82, 2.24) is 9.80 Å². The second-order valence-corrected chi connectivity index (χ2v) is 4.46. The van der Waals surface area contributed by atoms with Crippen LogP contribution in [0.4, 0.5) is 4.79 Å². The van der Waals surface area contributed by atoms with E-state index in [1.165, 1.54) is 20.0 Å². The second-order valence-electron chi connectivity index (χ2n) is 4.46. The lowest BCUT2D eigenvalue weighted by Crippen LogP contribution is -2.34. The Bertz CT molecular complexity index is 272. The summed E-state index contributed by atoms with van der Waals surface area (Å²) in [5.41, 5.74) is 0. The van der Waals surface area contributed by atoms with Gasteiger partial charge >= 0.3 is 6.09 Å². The van der Waals surface area contributed by atoms with E-state index >= 15 is 0 Å². The Morgan fingerprint density at radius 2 is 2.00 bits per heavy atom. The maximum absolute atomic E-state index is 11.5. The molecule has 0 N–H and O–H groups in total. The highest BCUT2D eigenvalue weighted by atomic mass is 16.5. The summed E-state index contributed by atoms with van der Waals surface area (Å²) < 4.78 is 4.78.